The first-order valence-electron chi connectivity index (χ1n) is 12.6. The number of nitrogens with zero attached hydrogens (tertiary/aromatic N) is 4. The number of ether oxygens (including phenoxy) is 3. The summed E-state index contributed by atoms with van der Waals surface area (Å²) in [4.78, 5) is 27.9. The van der Waals surface area contributed by atoms with Crippen LogP contribution in [-0.2, 0) is 17.8 Å². The number of carbonyl (C=O) groups is 2. The average molecular weight is 560 g/mol. The molecule has 10 nitrogen and oxygen atoms in total. The van der Waals surface area contributed by atoms with E-state index < -0.39 is 0 Å². The minimum absolute atomic E-state index is 0.0185. The molecule has 0 saturated heterocycles. The quantitative estimate of drug-likeness (QED) is 0.292. The Bertz CT molecular complexity index is 1540. The molecule has 4 aromatic rings. The molecule has 3 aromatic carbocycles. The zero-order chi connectivity index (χ0) is 28.1. The number of para-hydroxylation sites is 1. The zero-order valence-corrected chi connectivity index (χ0v) is 23.2. The lowest BCUT2D eigenvalue weighted by atomic mass is 10.2. The van der Waals surface area contributed by atoms with Gasteiger partial charge in [0.15, 0.2) is 11.0 Å². The number of fused-ring (bicyclic) bond motifs is 1. The summed E-state index contributed by atoms with van der Waals surface area (Å²) in [6.45, 7) is 0.730. The van der Waals surface area contributed by atoms with Gasteiger partial charge in [0.2, 0.25) is 5.91 Å². The fourth-order valence-electron chi connectivity index (χ4n) is 4.55. The molecule has 206 valence electrons. The number of nitrogens with one attached hydrogen (secondary N) is 1. The van der Waals surface area contributed by atoms with Crippen molar-refractivity contribution in [2.75, 3.05) is 38.5 Å². The molecule has 0 aliphatic carbocycles. The number of thioether (sulfide) groups is 1. The van der Waals surface area contributed by atoms with Gasteiger partial charge in [-0.2, -0.15) is 0 Å². The third kappa shape index (κ3) is 5.59. The van der Waals surface area contributed by atoms with Crippen molar-refractivity contribution >= 4 is 29.3 Å². The number of amides is 2. The van der Waals surface area contributed by atoms with E-state index in [1.165, 1.54) is 17.3 Å². The van der Waals surface area contributed by atoms with Gasteiger partial charge in [0.25, 0.3) is 5.91 Å². The summed E-state index contributed by atoms with van der Waals surface area (Å²) in [5.74, 6) is 2.07. The van der Waals surface area contributed by atoms with E-state index in [1.54, 1.807) is 68.4 Å². The molecule has 2 heterocycles. The van der Waals surface area contributed by atoms with Gasteiger partial charge in [-0.05, 0) is 48.4 Å². The molecule has 1 aliphatic rings. The van der Waals surface area contributed by atoms with Gasteiger partial charge in [-0.25, -0.2) is 0 Å². The van der Waals surface area contributed by atoms with E-state index in [1.807, 2.05) is 29.2 Å². The van der Waals surface area contributed by atoms with Crippen LogP contribution in [0.1, 0.15) is 21.7 Å². The summed E-state index contributed by atoms with van der Waals surface area (Å²) >= 11 is 1.27. The van der Waals surface area contributed by atoms with Crippen LogP contribution < -0.4 is 24.4 Å². The molecule has 11 heteroatoms. The minimum atomic E-state index is -0.289. The first-order chi connectivity index (χ1) is 19.5. The highest BCUT2D eigenvalue weighted by atomic mass is 32.2. The van der Waals surface area contributed by atoms with E-state index in [4.69, 9.17) is 14.2 Å². The van der Waals surface area contributed by atoms with Gasteiger partial charge in [0, 0.05) is 23.9 Å². The lowest BCUT2D eigenvalue weighted by Gasteiger charge is -2.18. The van der Waals surface area contributed by atoms with Gasteiger partial charge < -0.3 is 24.4 Å². The summed E-state index contributed by atoms with van der Waals surface area (Å²) in [5.41, 5.74) is 3.19. The molecule has 1 N–H and O–H groups in total. The summed E-state index contributed by atoms with van der Waals surface area (Å²) in [6, 6.07) is 20.2. The SMILES string of the molecule is COc1cccc(C(=O)NCc2nnc(SCC(=O)N3CCc4ccccc43)n2-c2cc(OC)ccc2OC)c1. The number of hydrogen-bond donors (Lipinski definition) is 1. The highest BCUT2D eigenvalue weighted by Gasteiger charge is 2.26. The topological polar surface area (TPSA) is 108 Å². The number of hydrogen-bond acceptors (Lipinski definition) is 8. The highest BCUT2D eigenvalue weighted by molar-refractivity contribution is 7.99. The van der Waals surface area contributed by atoms with Crippen LogP contribution in [0.4, 0.5) is 5.69 Å². The molecule has 2 amide bonds. The molecular formula is C29H29N5O5S. The number of methoxy groups -OCH3 is 3. The Kier molecular flexibility index (Phi) is 8.20. The number of rotatable bonds is 10. The Morgan fingerprint density at radius 2 is 1.70 bits per heavy atom. The first-order valence-corrected chi connectivity index (χ1v) is 13.6. The Balaban J connectivity index is 1.41. The Morgan fingerprint density at radius 3 is 2.50 bits per heavy atom. The smallest absolute Gasteiger partial charge is 0.251 e. The highest BCUT2D eigenvalue weighted by Crippen LogP contribution is 2.33. The van der Waals surface area contributed by atoms with Crippen molar-refractivity contribution in [2.24, 2.45) is 0 Å². The minimum Gasteiger partial charge on any atom is -0.497 e. The summed E-state index contributed by atoms with van der Waals surface area (Å²) < 4.78 is 18.1. The average Bonchev–Trinajstić information content (AvgIpc) is 3.62. The number of anilines is 1. The van der Waals surface area contributed by atoms with Crippen molar-refractivity contribution in [3.63, 3.8) is 0 Å². The summed E-state index contributed by atoms with van der Waals surface area (Å²) in [6.07, 6.45) is 0.834. The van der Waals surface area contributed by atoms with E-state index >= 15 is 0 Å². The number of aromatic nitrogens is 3. The fraction of sp³-hybridized carbons (Fsp3) is 0.241. The Hall–Kier alpha value is -4.51. The second-order valence-corrected chi connectivity index (χ2v) is 9.84. The van der Waals surface area contributed by atoms with Gasteiger partial charge in [0.05, 0.1) is 39.3 Å². The monoisotopic (exact) mass is 559 g/mol. The maximum atomic E-state index is 13.2. The molecule has 5 rings (SSSR count). The maximum absolute atomic E-state index is 13.2. The Labute approximate surface area is 236 Å². The number of carbonyl (C=O) groups excluding carboxylic acids is 2. The molecule has 0 bridgehead atoms. The fourth-order valence-corrected chi connectivity index (χ4v) is 5.39. The van der Waals surface area contributed by atoms with Crippen LogP contribution in [0.25, 0.3) is 5.69 Å². The van der Waals surface area contributed by atoms with Crippen molar-refractivity contribution in [3.05, 3.63) is 83.7 Å². The first kappa shape index (κ1) is 27.1. The largest absolute Gasteiger partial charge is 0.497 e. The van der Waals surface area contributed by atoms with Crippen LogP contribution in [0.3, 0.4) is 0 Å². The lowest BCUT2D eigenvalue weighted by molar-refractivity contribution is -0.116. The molecule has 0 atom stereocenters. The van der Waals surface area contributed by atoms with Crippen molar-refractivity contribution < 1.29 is 23.8 Å². The van der Waals surface area contributed by atoms with Gasteiger partial charge in [-0.3, -0.25) is 14.2 Å². The van der Waals surface area contributed by atoms with E-state index in [0.717, 1.165) is 12.1 Å². The van der Waals surface area contributed by atoms with Gasteiger partial charge >= 0.3 is 0 Å². The molecule has 1 aromatic heterocycles. The van der Waals surface area contributed by atoms with Crippen LogP contribution in [0.15, 0.2) is 71.9 Å². The normalized spacial score (nSPS) is 12.1. The predicted octanol–water partition coefficient (Wildman–Crippen LogP) is 3.90. The van der Waals surface area contributed by atoms with E-state index in [2.05, 4.69) is 15.5 Å². The third-order valence-corrected chi connectivity index (χ3v) is 7.49. The molecule has 40 heavy (non-hydrogen) atoms. The second kappa shape index (κ2) is 12.1. The molecule has 0 spiro atoms. The van der Waals surface area contributed by atoms with Gasteiger partial charge in [-0.15, -0.1) is 10.2 Å². The van der Waals surface area contributed by atoms with Gasteiger partial charge in [0.1, 0.15) is 17.2 Å². The summed E-state index contributed by atoms with van der Waals surface area (Å²) in [5, 5.41) is 12.1. The number of benzene rings is 3. The molecule has 0 radical (unpaired) electrons. The van der Waals surface area contributed by atoms with E-state index in [0.29, 0.717) is 46.0 Å². The Morgan fingerprint density at radius 1 is 0.900 bits per heavy atom. The van der Waals surface area contributed by atoms with Crippen molar-refractivity contribution in [1.29, 1.82) is 0 Å². The van der Waals surface area contributed by atoms with E-state index in [9.17, 15) is 9.59 Å². The van der Waals surface area contributed by atoms with Crippen LogP contribution in [-0.4, -0.2) is 60.2 Å². The van der Waals surface area contributed by atoms with Crippen LogP contribution in [0, 0.1) is 0 Å². The van der Waals surface area contributed by atoms with Crippen LogP contribution in [0.2, 0.25) is 0 Å². The van der Waals surface area contributed by atoms with E-state index in [-0.39, 0.29) is 24.1 Å². The third-order valence-electron chi connectivity index (χ3n) is 6.58. The lowest BCUT2D eigenvalue weighted by Crippen LogP contribution is -2.30. The molecule has 1 aliphatic heterocycles. The van der Waals surface area contributed by atoms with Crippen LogP contribution in [0.5, 0.6) is 17.2 Å². The van der Waals surface area contributed by atoms with Crippen molar-refractivity contribution in [1.82, 2.24) is 20.1 Å². The predicted molar refractivity (Wildman–Crippen MR) is 152 cm³/mol. The second-order valence-electron chi connectivity index (χ2n) is 8.90. The maximum Gasteiger partial charge on any atom is 0.251 e. The molecule has 0 unspecified atom stereocenters. The van der Waals surface area contributed by atoms with Crippen molar-refractivity contribution in [2.45, 2.75) is 18.1 Å². The zero-order valence-electron chi connectivity index (χ0n) is 22.4. The molecule has 0 fully saturated rings. The summed E-state index contributed by atoms with van der Waals surface area (Å²) in [7, 11) is 4.70. The standard InChI is InChI=1S/C29H29N5O5S/c1-37-21-9-6-8-20(15-21)28(36)30-17-26-31-32-29(34(26)24-16-22(38-2)11-12-25(24)39-3)40-18-27(35)33-14-13-19-7-4-5-10-23(19)33/h4-12,15-16H,13-14,17-18H2,1-3H3,(H,30,36). The van der Waals surface area contributed by atoms with Gasteiger partial charge in [-0.1, -0.05) is 36.0 Å². The van der Waals surface area contributed by atoms with Crippen molar-refractivity contribution in [3.8, 4) is 22.9 Å². The molecular weight excluding hydrogens is 530 g/mol. The van der Waals surface area contributed by atoms with Crippen LogP contribution >= 0.6 is 11.8 Å². The molecule has 0 saturated carbocycles.